The number of nitrogens with zero attached hydrogens (tertiary/aromatic N) is 2. The molecule has 0 saturated carbocycles. The Hall–Kier alpha value is -1.69. The predicted octanol–water partition coefficient (Wildman–Crippen LogP) is 3.01. The van der Waals surface area contributed by atoms with E-state index in [9.17, 15) is 4.79 Å². The van der Waals surface area contributed by atoms with Crippen molar-refractivity contribution in [3.63, 3.8) is 0 Å². The number of hydrogen-bond acceptors (Lipinski definition) is 6. The highest BCUT2D eigenvalue weighted by molar-refractivity contribution is 7.18. The SMILES string of the molecule is CCOC(=O)CC(C)Nc1ncnc2sc(CC)cc12. The molecule has 2 rings (SSSR count). The molecule has 0 spiro atoms. The maximum absolute atomic E-state index is 11.5. The van der Waals surface area contributed by atoms with E-state index in [1.165, 1.54) is 4.88 Å². The molecular formula is C14H19N3O2S. The van der Waals surface area contributed by atoms with E-state index in [4.69, 9.17) is 4.74 Å². The van der Waals surface area contributed by atoms with Gasteiger partial charge in [-0.3, -0.25) is 4.79 Å². The number of rotatable bonds is 6. The van der Waals surface area contributed by atoms with Gasteiger partial charge >= 0.3 is 5.97 Å². The van der Waals surface area contributed by atoms with Crippen LogP contribution in [0.4, 0.5) is 5.82 Å². The summed E-state index contributed by atoms with van der Waals surface area (Å²) in [5.74, 6) is 0.583. The smallest absolute Gasteiger partial charge is 0.307 e. The monoisotopic (exact) mass is 293 g/mol. The van der Waals surface area contributed by atoms with Crippen molar-refractivity contribution < 1.29 is 9.53 Å². The van der Waals surface area contributed by atoms with Gasteiger partial charge in [0.1, 0.15) is 17.0 Å². The van der Waals surface area contributed by atoms with E-state index in [1.54, 1.807) is 17.7 Å². The Morgan fingerprint density at radius 2 is 2.25 bits per heavy atom. The highest BCUT2D eigenvalue weighted by atomic mass is 32.1. The molecule has 1 N–H and O–H groups in total. The molecule has 108 valence electrons. The lowest BCUT2D eigenvalue weighted by Gasteiger charge is -2.13. The quantitative estimate of drug-likeness (QED) is 0.829. The fourth-order valence-electron chi connectivity index (χ4n) is 1.95. The van der Waals surface area contributed by atoms with Crippen LogP contribution in [-0.2, 0) is 16.0 Å². The molecular weight excluding hydrogens is 274 g/mol. The Bertz CT molecular complexity index is 597. The summed E-state index contributed by atoms with van der Waals surface area (Å²) in [4.78, 5) is 22.3. The second-order valence-electron chi connectivity index (χ2n) is 4.56. The number of esters is 1. The summed E-state index contributed by atoms with van der Waals surface area (Å²) in [7, 11) is 0. The Balaban J connectivity index is 2.12. The number of fused-ring (bicyclic) bond motifs is 1. The summed E-state index contributed by atoms with van der Waals surface area (Å²) in [6.45, 7) is 6.28. The first-order valence-corrected chi connectivity index (χ1v) is 7.61. The Kier molecular flexibility index (Phi) is 4.89. The zero-order valence-electron chi connectivity index (χ0n) is 12.0. The maximum atomic E-state index is 11.5. The zero-order valence-corrected chi connectivity index (χ0v) is 12.8. The van der Waals surface area contributed by atoms with Crippen LogP contribution in [0.25, 0.3) is 10.2 Å². The summed E-state index contributed by atoms with van der Waals surface area (Å²) >= 11 is 1.68. The molecule has 5 nitrogen and oxygen atoms in total. The first-order valence-electron chi connectivity index (χ1n) is 6.79. The molecule has 0 aliphatic heterocycles. The number of thiophene rings is 1. The van der Waals surface area contributed by atoms with E-state index in [-0.39, 0.29) is 12.0 Å². The third-order valence-electron chi connectivity index (χ3n) is 2.89. The van der Waals surface area contributed by atoms with Gasteiger partial charge in [0, 0.05) is 10.9 Å². The zero-order chi connectivity index (χ0) is 14.5. The average molecular weight is 293 g/mol. The molecule has 0 radical (unpaired) electrons. The van der Waals surface area contributed by atoms with Crippen LogP contribution in [0.2, 0.25) is 0 Å². The fourth-order valence-corrected chi connectivity index (χ4v) is 2.88. The first kappa shape index (κ1) is 14.7. The van der Waals surface area contributed by atoms with Gasteiger partial charge in [0.05, 0.1) is 18.4 Å². The molecule has 0 aliphatic rings. The van der Waals surface area contributed by atoms with E-state index in [0.717, 1.165) is 22.5 Å². The molecule has 6 heteroatoms. The fraction of sp³-hybridized carbons (Fsp3) is 0.500. The minimum absolute atomic E-state index is 0.0304. The van der Waals surface area contributed by atoms with Crippen molar-refractivity contribution in [2.75, 3.05) is 11.9 Å². The van der Waals surface area contributed by atoms with Crippen LogP contribution < -0.4 is 5.32 Å². The van der Waals surface area contributed by atoms with Gasteiger partial charge in [-0.2, -0.15) is 0 Å². The summed E-state index contributed by atoms with van der Waals surface area (Å²) in [5, 5.41) is 4.28. The Labute approximate surface area is 122 Å². The van der Waals surface area contributed by atoms with Crippen molar-refractivity contribution in [2.24, 2.45) is 0 Å². The summed E-state index contributed by atoms with van der Waals surface area (Å²) in [6.07, 6.45) is 2.86. The Morgan fingerprint density at radius 1 is 1.45 bits per heavy atom. The normalized spacial score (nSPS) is 12.3. The van der Waals surface area contributed by atoms with Crippen molar-refractivity contribution in [3.8, 4) is 0 Å². The standard InChI is InChI=1S/C14H19N3O2S/c1-4-10-7-11-13(15-8-16-14(11)20-10)17-9(3)6-12(18)19-5-2/h7-9H,4-6H2,1-3H3,(H,15,16,17). The van der Waals surface area contributed by atoms with Crippen molar-refractivity contribution in [1.29, 1.82) is 0 Å². The van der Waals surface area contributed by atoms with Crippen molar-refractivity contribution in [1.82, 2.24) is 9.97 Å². The average Bonchev–Trinajstić information content (AvgIpc) is 2.83. The van der Waals surface area contributed by atoms with Gasteiger partial charge in [0.25, 0.3) is 0 Å². The minimum Gasteiger partial charge on any atom is -0.466 e. The van der Waals surface area contributed by atoms with E-state index in [2.05, 4.69) is 28.3 Å². The molecule has 1 unspecified atom stereocenters. The minimum atomic E-state index is -0.197. The van der Waals surface area contributed by atoms with Crippen LogP contribution >= 0.6 is 11.3 Å². The third kappa shape index (κ3) is 3.45. The highest BCUT2D eigenvalue weighted by Gasteiger charge is 2.13. The van der Waals surface area contributed by atoms with E-state index >= 15 is 0 Å². The number of carbonyl (C=O) groups excluding carboxylic acids is 1. The van der Waals surface area contributed by atoms with Gasteiger partial charge < -0.3 is 10.1 Å². The molecule has 20 heavy (non-hydrogen) atoms. The molecule has 2 heterocycles. The first-order chi connectivity index (χ1) is 9.63. The van der Waals surface area contributed by atoms with Gasteiger partial charge in [-0.15, -0.1) is 11.3 Å². The lowest BCUT2D eigenvalue weighted by atomic mass is 10.2. The van der Waals surface area contributed by atoms with Crippen LogP contribution in [0.3, 0.4) is 0 Å². The van der Waals surface area contributed by atoms with Gasteiger partial charge in [0.15, 0.2) is 0 Å². The summed E-state index contributed by atoms with van der Waals surface area (Å²) in [5.41, 5.74) is 0. The molecule has 2 aromatic rings. The molecule has 0 aliphatic carbocycles. The third-order valence-corrected chi connectivity index (χ3v) is 4.08. The summed E-state index contributed by atoms with van der Waals surface area (Å²) in [6, 6.07) is 2.08. The van der Waals surface area contributed by atoms with Crippen molar-refractivity contribution >= 4 is 33.3 Å². The van der Waals surface area contributed by atoms with Gasteiger partial charge in [0.2, 0.25) is 0 Å². The lowest BCUT2D eigenvalue weighted by Crippen LogP contribution is -2.21. The molecule has 0 bridgehead atoms. The molecule has 2 aromatic heterocycles. The maximum Gasteiger partial charge on any atom is 0.307 e. The topological polar surface area (TPSA) is 64.1 Å². The van der Waals surface area contributed by atoms with E-state index in [1.807, 2.05) is 13.8 Å². The van der Waals surface area contributed by atoms with Crippen LogP contribution in [0, 0.1) is 0 Å². The number of ether oxygens (including phenoxy) is 1. The number of hydrogen-bond donors (Lipinski definition) is 1. The van der Waals surface area contributed by atoms with E-state index in [0.29, 0.717) is 13.0 Å². The van der Waals surface area contributed by atoms with Gasteiger partial charge in [-0.25, -0.2) is 9.97 Å². The van der Waals surface area contributed by atoms with Gasteiger partial charge in [-0.05, 0) is 26.3 Å². The van der Waals surface area contributed by atoms with Crippen molar-refractivity contribution in [3.05, 3.63) is 17.3 Å². The van der Waals surface area contributed by atoms with Crippen LogP contribution in [-0.4, -0.2) is 28.6 Å². The number of nitrogens with one attached hydrogen (secondary N) is 1. The predicted molar refractivity (Wildman–Crippen MR) is 81.1 cm³/mol. The number of aryl methyl sites for hydroxylation is 1. The number of anilines is 1. The van der Waals surface area contributed by atoms with Crippen LogP contribution in [0.1, 0.15) is 32.1 Å². The molecule has 0 amide bonds. The van der Waals surface area contributed by atoms with Crippen LogP contribution in [0.15, 0.2) is 12.4 Å². The lowest BCUT2D eigenvalue weighted by molar-refractivity contribution is -0.143. The number of aromatic nitrogens is 2. The van der Waals surface area contributed by atoms with Gasteiger partial charge in [-0.1, -0.05) is 6.92 Å². The largest absolute Gasteiger partial charge is 0.466 e. The summed E-state index contributed by atoms with van der Waals surface area (Å²) < 4.78 is 4.95. The van der Waals surface area contributed by atoms with Crippen LogP contribution in [0.5, 0.6) is 0 Å². The number of carbonyl (C=O) groups is 1. The van der Waals surface area contributed by atoms with Crippen molar-refractivity contribution in [2.45, 2.75) is 39.7 Å². The second-order valence-corrected chi connectivity index (χ2v) is 5.68. The molecule has 0 saturated heterocycles. The highest BCUT2D eigenvalue weighted by Crippen LogP contribution is 2.28. The molecule has 0 aromatic carbocycles. The molecule has 0 fully saturated rings. The van der Waals surface area contributed by atoms with E-state index < -0.39 is 0 Å². The molecule has 1 atom stereocenters. The second kappa shape index (κ2) is 6.65. The Morgan fingerprint density at radius 3 is 2.95 bits per heavy atom.